The van der Waals surface area contributed by atoms with Crippen molar-refractivity contribution in [1.29, 1.82) is 0 Å². The first-order valence-electron chi connectivity index (χ1n) is 8.74. The van der Waals surface area contributed by atoms with E-state index < -0.39 is 10.9 Å². The molecule has 1 aliphatic rings. The van der Waals surface area contributed by atoms with Crippen molar-refractivity contribution in [3.05, 3.63) is 33.9 Å². The number of hydrogen-bond acceptors (Lipinski definition) is 6. The van der Waals surface area contributed by atoms with Gasteiger partial charge in [0.2, 0.25) is 0 Å². The fourth-order valence-corrected chi connectivity index (χ4v) is 3.26. The van der Waals surface area contributed by atoms with Gasteiger partial charge in [0.15, 0.2) is 12.4 Å². The maximum atomic E-state index is 12.4. The molecule has 0 bridgehead atoms. The lowest BCUT2D eigenvalue weighted by Gasteiger charge is -2.38. The number of hydrogen-bond donors (Lipinski definition) is 0. The average molecular weight is 364 g/mol. The molecule has 0 aliphatic carbocycles. The Kier molecular flexibility index (Phi) is 6.54. The van der Waals surface area contributed by atoms with Crippen LogP contribution in [0.15, 0.2) is 18.2 Å². The molecule has 0 radical (unpaired) electrons. The number of carbonyl (C=O) groups is 2. The van der Waals surface area contributed by atoms with Gasteiger partial charge in [-0.15, -0.1) is 0 Å². The van der Waals surface area contributed by atoms with Gasteiger partial charge < -0.3 is 14.4 Å². The van der Waals surface area contributed by atoms with Gasteiger partial charge in [-0.1, -0.05) is 0 Å². The molecule has 0 unspecified atom stereocenters. The van der Waals surface area contributed by atoms with Crippen molar-refractivity contribution in [2.24, 2.45) is 0 Å². The topological polar surface area (TPSA) is 99.0 Å². The second-order valence-corrected chi connectivity index (χ2v) is 6.38. The highest BCUT2D eigenvalue weighted by Crippen LogP contribution is 2.28. The maximum Gasteiger partial charge on any atom is 0.338 e. The van der Waals surface area contributed by atoms with Crippen molar-refractivity contribution >= 4 is 17.6 Å². The minimum Gasteiger partial charge on any atom is -0.487 e. The summed E-state index contributed by atoms with van der Waals surface area (Å²) in [6, 6.07) is 4.06. The summed E-state index contributed by atoms with van der Waals surface area (Å²) < 4.78 is 10.3. The molecule has 8 nitrogen and oxygen atoms in total. The quantitative estimate of drug-likeness (QED) is 0.437. The normalized spacial score (nSPS) is 19.7. The van der Waals surface area contributed by atoms with Crippen LogP contribution in [0.4, 0.5) is 5.69 Å². The molecule has 0 N–H and O–H groups in total. The lowest BCUT2D eigenvalue weighted by Crippen LogP contribution is -2.49. The molecule has 1 amide bonds. The average Bonchev–Trinajstić information content (AvgIpc) is 2.60. The van der Waals surface area contributed by atoms with Crippen LogP contribution in [0.1, 0.15) is 50.4 Å². The van der Waals surface area contributed by atoms with Crippen LogP contribution in [-0.4, -0.2) is 47.0 Å². The number of carbonyl (C=O) groups excluding carboxylic acids is 2. The predicted octanol–water partition coefficient (Wildman–Crippen LogP) is 2.94. The molecule has 26 heavy (non-hydrogen) atoms. The van der Waals surface area contributed by atoms with E-state index in [-0.39, 0.29) is 48.2 Å². The van der Waals surface area contributed by atoms with E-state index >= 15 is 0 Å². The summed E-state index contributed by atoms with van der Waals surface area (Å²) in [5, 5.41) is 11.1. The van der Waals surface area contributed by atoms with Crippen molar-refractivity contribution in [2.75, 3.05) is 13.2 Å². The van der Waals surface area contributed by atoms with Crippen molar-refractivity contribution in [1.82, 2.24) is 4.90 Å². The van der Waals surface area contributed by atoms with Crippen LogP contribution in [0.5, 0.6) is 5.75 Å². The molecule has 1 aromatic carbocycles. The molecule has 1 fully saturated rings. The summed E-state index contributed by atoms with van der Waals surface area (Å²) in [5.74, 6) is -0.943. The summed E-state index contributed by atoms with van der Waals surface area (Å²) in [6.07, 6.45) is 2.92. The van der Waals surface area contributed by atoms with Crippen LogP contribution in [0.25, 0.3) is 0 Å². The van der Waals surface area contributed by atoms with Gasteiger partial charge in [-0.2, -0.15) is 0 Å². The Balaban J connectivity index is 2.04. The van der Waals surface area contributed by atoms with E-state index in [4.69, 9.17) is 9.47 Å². The van der Waals surface area contributed by atoms with Gasteiger partial charge in [-0.3, -0.25) is 14.9 Å². The van der Waals surface area contributed by atoms with E-state index in [1.54, 1.807) is 11.8 Å². The second-order valence-electron chi connectivity index (χ2n) is 6.38. The summed E-state index contributed by atoms with van der Waals surface area (Å²) in [7, 11) is 0. The first-order chi connectivity index (χ1) is 12.3. The number of esters is 1. The summed E-state index contributed by atoms with van der Waals surface area (Å²) >= 11 is 0. The molecule has 0 saturated carbocycles. The van der Waals surface area contributed by atoms with Gasteiger partial charge >= 0.3 is 11.7 Å². The molecule has 1 saturated heterocycles. The van der Waals surface area contributed by atoms with Crippen LogP contribution in [0.2, 0.25) is 0 Å². The molecular formula is C18H24N2O6. The second kappa shape index (κ2) is 8.64. The predicted molar refractivity (Wildman–Crippen MR) is 94.2 cm³/mol. The van der Waals surface area contributed by atoms with E-state index in [9.17, 15) is 19.7 Å². The Labute approximate surface area is 152 Å². The monoisotopic (exact) mass is 364 g/mol. The molecule has 8 heteroatoms. The van der Waals surface area contributed by atoms with E-state index in [1.165, 1.54) is 12.1 Å². The van der Waals surface area contributed by atoms with E-state index in [1.807, 2.05) is 13.8 Å². The van der Waals surface area contributed by atoms with E-state index in [0.717, 1.165) is 25.3 Å². The first-order valence-corrected chi connectivity index (χ1v) is 8.74. The number of ether oxygens (including phenoxy) is 2. The highest BCUT2D eigenvalue weighted by Gasteiger charge is 2.29. The van der Waals surface area contributed by atoms with Crippen molar-refractivity contribution in [3.8, 4) is 5.75 Å². The third kappa shape index (κ3) is 4.50. The highest BCUT2D eigenvalue weighted by atomic mass is 16.6. The minimum atomic E-state index is -0.776. The number of likely N-dealkylation sites (tertiary alicyclic amines) is 1. The lowest BCUT2D eigenvalue weighted by molar-refractivity contribution is -0.385. The van der Waals surface area contributed by atoms with Gasteiger partial charge in [-0.05, 0) is 52.2 Å². The van der Waals surface area contributed by atoms with Gasteiger partial charge in [0.25, 0.3) is 5.91 Å². The largest absolute Gasteiger partial charge is 0.487 e. The Bertz CT molecular complexity index is 680. The fraction of sp³-hybridized carbons (Fsp3) is 0.556. The molecule has 1 heterocycles. The number of nitro groups is 1. The molecule has 142 valence electrons. The minimum absolute atomic E-state index is 0.00712. The number of rotatable bonds is 6. The van der Waals surface area contributed by atoms with Gasteiger partial charge in [-0.25, -0.2) is 4.79 Å². The molecular weight excluding hydrogens is 340 g/mol. The summed E-state index contributed by atoms with van der Waals surface area (Å²) in [5.41, 5.74) is -0.307. The van der Waals surface area contributed by atoms with Crippen molar-refractivity contribution in [2.45, 2.75) is 52.1 Å². The molecule has 1 aromatic rings. The fourth-order valence-electron chi connectivity index (χ4n) is 3.26. The van der Waals surface area contributed by atoms with Crippen LogP contribution in [0.3, 0.4) is 0 Å². The number of benzene rings is 1. The van der Waals surface area contributed by atoms with Crippen molar-refractivity contribution < 1.29 is 24.0 Å². The zero-order chi connectivity index (χ0) is 19.3. The zero-order valence-corrected chi connectivity index (χ0v) is 15.3. The zero-order valence-electron chi connectivity index (χ0n) is 15.3. The molecule has 1 aliphatic heterocycles. The number of amides is 1. The first kappa shape index (κ1) is 19.7. The summed E-state index contributed by atoms with van der Waals surface area (Å²) in [6.45, 7) is 5.55. The smallest absolute Gasteiger partial charge is 0.338 e. The Morgan fingerprint density at radius 3 is 2.50 bits per heavy atom. The molecule has 2 rings (SSSR count). The van der Waals surface area contributed by atoms with Gasteiger partial charge in [0, 0.05) is 18.2 Å². The summed E-state index contributed by atoms with van der Waals surface area (Å²) in [4.78, 5) is 36.8. The number of nitrogens with zero attached hydrogens (tertiary/aromatic N) is 2. The third-order valence-electron chi connectivity index (χ3n) is 4.50. The Morgan fingerprint density at radius 2 is 1.92 bits per heavy atom. The Morgan fingerprint density at radius 1 is 1.27 bits per heavy atom. The van der Waals surface area contributed by atoms with Crippen LogP contribution in [-0.2, 0) is 9.53 Å². The van der Waals surface area contributed by atoms with Crippen LogP contribution >= 0.6 is 0 Å². The standard InChI is InChI=1S/C18H24N2O6/c1-4-25-16-9-8-14(10-15(16)20(23)24)18(22)26-11-17(21)19-12(2)6-5-7-13(19)3/h8-10,12-13H,4-7,11H2,1-3H3/t12-,13+. The number of piperidine rings is 1. The number of nitro benzene ring substituents is 1. The van der Waals surface area contributed by atoms with E-state index in [0.29, 0.717) is 0 Å². The van der Waals surface area contributed by atoms with E-state index in [2.05, 4.69) is 0 Å². The van der Waals surface area contributed by atoms with Crippen molar-refractivity contribution in [3.63, 3.8) is 0 Å². The Hall–Kier alpha value is -2.64. The van der Waals surface area contributed by atoms with Crippen LogP contribution in [0, 0.1) is 10.1 Å². The molecule has 2 atom stereocenters. The lowest BCUT2D eigenvalue weighted by atomic mass is 9.97. The van der Waals surface area contributed by atoms with Crippen LogP contribution < -0.4 is 4.74 Å². The molecule has 0 spiro atoms. The maximum absolute atomic E-state index is 12.4. The van der Waals surface area contributed by atoms with Gasteiger partial charge in [0.05, 0.1) is 17.1 Å². The van der Waals surface area contributed by atoms with Gasteiger partial charge in [0.1, 0.15) is 0 Å². The SMILES string of the molecule is CCOc1ccc(C(=O)OCC(=O)N2[C@H](C)CCC[C@@H]2C)cc1[N+](=O)[O-]. The highest BCUT2D eigenvalue weighted by molar-refractivity contribution is 5.92. The molecule has 0 aromatic heterocycles. The third-order valence-corrected chi connectivity index (χ3v) is 4.50.